The Morgan fingerprint density at radius 2 is 1.85 bits per heavy atom. The summed E-state index contributed by atoms with van der Waals surface area (Å²) in [6.45, 7) is 0.364. The maximum absolute atomic E-state index is 9.36. The van der Waals surface area contributed by atoms with E-state index in [4.69, 9.17) is 4.74 Å². The van der Waals surface area contributed by atoms with E-state index in [0.29, 0.717) is 12.4 Å². The highest BCUT2D eigenvalue weighted by atomic mass is 16.5. The van der Waals surface area contributed by atoms with Crippen LogP contribution in [0.3, 0.4) is 0 Å². The molecule has 4 heteroatoms. The van der Waals surface area contributed by atoms with Gasteiger partial charge in [-0.2, -0.15) is 5.10 Å². The van der Waals surface area contributed by atoms with E-state index >= 15 is 0 Å². The van der Waals surface area contributed by atoms with Gasteiger partial charge in [-0.25, -0.2) is 4.68 Å². The standard InChI is InChI=1S/C16H14N2O2/c19-15-7-4-8-16(11-15)20-12-13-9-10-18(17-13)14-5-2-1-3-6-14/h1-11,19H,12H2. The highest BCUT2D eigenvalue weighted by Crippen LogP contribution is 2.18. The molecule has 0 radical (unpaired) electrons. The van der Waals surface area contributed by atoms with Crippen LogP contribution in [0.2, 0.25) is 0 Å². The Morgan fingerprint density at radius 3 is 2.65 bits per heavy atom. The van der Waals surface area contributed by atoms with Gasteiger partial charge in [0, 0.05) is 12.3 Å². The molecule has 3 rings (SSSR count). The van der Waals surface area contributed by atoms with Crippen molar-refractivity contribution in [1.82, 2.24) is 9.78 Å². The Labute approximate surface area is 116 Å². The molecule has 0 fully saturated rings. The summed E-state index contributed by atoms with van der Waals surface area (Å²) in [7, 11) is 0. The highest BCUT2D eigenvalue weighted by Gasteiger charge is 2.02. The minimum Gasteiger partial charge on any atom is -0.508 e. The average Bonchev–Trinajstić information content (AvgIpc) is 2.95. The minimum absolute atomic E-state index is 0.192. The normalized spacial score (nSPS) is 10.4. The molecule has 3 aromatic rings. The third-order valence-corrected chi connectivity index (χ3v) is 2.87. The molecule has 1 aromatic heterocycles. The number of hydrogen-bond acceptors (Lipinski definition) is 3. The van der Waals surface area contributed by atoms with Gasteiger partial charge < -0.3 is 9.84 Å². The van der Waals surface area contributed by atoms with Gasteiger partial charge >= 0.3 is 0 Å². The predicted molar refractivity (Wildman–Crippen MR) is 76.0 cm³/mol. The topological polar surface area (TPSA) is 47.3 Å². The van der Waals surface area contributed by atoms with Gasteiger partial charge in [0.25, 0.3) is 0 Å². The fourth-order valence-electron chi connectivity index (χ4n) is 1.89. The molecule has 0 saturated carbocycles. The van der Waals surface area contributed by atoms with E-state index in [0.717, 1.165) is 11.4 Å². The van der Waals surface area contributed by atoms with Gasteiger partial charge in [-0.3, -0.25) is 0 Å². The van der Waals surface area contributed by atoms with Crippen molar-refractivity contribution in [2.24, 2.45) is 0 Å². The molecule has 1 heterocycles. The number of rotatable bonds is 4. The van der Waals surface area contributed by atoms with E-state index in [1.165, 1.54) is 0 Å². The van der Waals surface area contributed by atoms with Gasteiger partial charge in [0.15, 0.2) is 0 Å². The molecule has 4 nitrogen and oxygen atoms in total. The number of benzene rings is 2. The lowest BCUT2D eigenvalue weighted by Gasteiger charge is -2.04. The summed E-state index contributed by atoms with van der Waals surface area (Å²) < 4.78 is 7.39. The minimum atomic E-state index is 0.192. The molecular formula is C16H14N2O2. The van der Waals surface area contributed by atoms with Crippen molar-refractivity contribution in [3.05, 3.63) is 72.6 Å². The molecule has 2 aromatic carbocycles. The molecule has 0 aliphatic rings. The van der Waals surface area contributed by atoms with Crippen molar-refractivity contribution in [2.45, 2.75) is 6.61 Å². The molecule has 0 bridgehead atoms. The van der Waals surface area contributed by atoms with Crippen molar-refractivity contribution in [3.8, 4) is 17.2 Å². The van der Waals surface area contributed by atoms with Crippen LogP contribution in [0.1, 0.15) is 5.69 Å². The van der Waals surface area contributed by atoms with E-state index in [1.807, 2.05) is 42.6 Å². The van der Waals surface area contributed by atoms with E-state index in [2.05, 4.69) is 5.10 Å². The Bertz CT molecular complexity index is 692. The number of phenolic OH excluding ortho intramolecular Hbond substituents is 1. The van der Waals surface area contributed by atoms with Gasteiger partial charge in [0.2, 0.25) is 0 Å². The summed E-state index contributed by atoms with van der Waals surface area (Å²) >= 11 is 0. The van der Waals surface area contributed by atoms with Crippen molar-refractivity contribution >= 4 is 0 Å². The second-order valence-corrected chi connectivity index (χ2v) is 4.37. The Hall–Kier alpha value is -2.75. The zero-order chi connectivity index (χ0) is 13.8. The van der Waals surface area contributed by atoms with Crippen molar-refractivity contribution in [2.75, 3.05) is 0 Å². The third kappa shape index (κ3) is 2.80. The number of hydrogen-bond donors (Lipinski definition) is 1. The van der Waals surface area contributed by atoms with Crippen molar-refractivity contribution in [1.29, 1.82) is 0 Å². The van der Waals surface area contributed by atoms with Crippen LogP contribution in [0.15, 0.2) is 66.9 Å². The van der Waals surface area contributed by atoms with Crippen molar-refractivity contribution < 1.29 is 9.84 Å². The van der Waals surface area contributed by atoms with E-state index in [1.54, 1.807) is 28.9 Å². The number of aromatic nitrogens is 2. The van der Waals surface area contributed by atoms with Crippen LogP contribution in [-0.4, -0.2) is 14.9 Å². The van der Waals surface area contributed by atoms with Crippen LogP contribution in [0.4, 0.5) is 0 Å². The number of aromatic hydroxyl groups is 1. The third-order valence-electron chi connectivity index (χ3n) is 2.87. The molecule has 1 N–H and O–H groups in total. The molecule has 0 amide bonds. The van der Waals surface area contributed by atoms with Gasteiger partial charge in [0.05, 0.1) is 5.69 Å². The molecule has 0 aliphatic carbocycles. The number of ether oxygens (including phenoxy) is 1. The quantitative estimate of drug-likeness (QED) is 0.789. The summed E-state index contributed by atoms with van der Waals surface area (Å²) in [5.41, 5.74) is 1.84. The van der Waals surface area contributed by atoms with Gasteiger partial charge in [-0.15, -0.1) is 0 Å². The van der Waals surface area contributed by atoms with Gasteiger partial charge in [-0.1, -0.05) is 24.3 Å². The van der Waals surface area contributed by atoms with Crippen molar-refractivity contribution in [3.63, 3.8) is 0 Å². The van der Waals surface area contributed by atoms with Crippen LogP contribution >= 0.6 is 0 Å². The van der Waals surface area contributed by atoms with E-state index in [-0.39, 0.29) is 5.75 Å². The summed E-state index contributed by atoms with van der Waals surface area (Å²) in [6, 6.07) is 18.5. The lowest BCUT2D eigenvalue weighted by atomic mass is 10.3. The molecule has 0 unspecified atom stereocenters. The smallest absolute Gasteiger partial charge is 0.132 e. The number of para-hydroxylation sites is 1. The first-order valence-electron chi connectivity index (χ1n) is 6.33. The monoisotopic (exact) mass is 266 g/mol. The molecular weight excluding hydrogens is 252 g/mol. The summed E-state index contributed by atoms with van der Waals surface area (Å²) in [6.07, 6.45) is 1.90. The lowest BCUT2D eigenvalue weighted by Crippen LogP contribution is -1.99. The lowest BCUT2D eigenvalue weighted by molar-refractivity contribution is 0.299. The first kappa shape index (κ1) is 12.3. The average molecular weight is 266 g/mol. The fraction of sp³-hybridized carbons (Fsp3) is 0.0625. The molecule has 100 valence electrons. The SMILES string of the molecule is Oc1cccc(OCc2ccn(-c3ccccc3)n2)c1. The number of phenols is 1. The highest BCUT2D eigenvalue weighted by molar-refractivity contribution is 5.32. The van der Waals surface area contributed by atoms with Gasteiger partial charge in [-0.05, 0) is 30.3 Å². The first-order chi connectivity index (χ1) is 9.81. The van der Waals surface area contributed by atoms with Crippen LogP contribution in [-0.2, 0) is 6.61 Å². The zero-order valence-electron chi connectivity index (χ0n) is 10.8. The van der Waals surface area contributed by atoms with E-state index in [9.17, 15) is 5.11 Å². The fourth-order valence-corrected chi connectivity index (χ4v) is 1.89. The zero-order valence-corrected chi connectivity index (χ0v) is 10.8. The Morgan fingerprint density at radius 1 is 1.00 bits per heavy atom. The number of nitrogens with zero attached hydrogens (tertiary/aromatic N) is 2. The van der Waals surface area contributed by atoms with Crippen LogP contribution in [0, 0.1) is 0 Å². The summed E-state index contributed by atoms with van der Waals surface area (Å²) in [5, 5.41) is 13.8. The van der Waals surface area contributed by atoms with Crippen LogP contribution < -0.4 is 4.74 Å². The Balaban J connectivity index is 1.69. The summed E-state index contributed by atoms with van der Waals surface area (Å²) in [5.74, 6) is 0.816. The van der Waals surface area contributed by atoms with E-state index < -0.39 is 0 Å². The second-order valence-electron chi connectivity index (χ2n) is 4.37. The van der Waals surface area contributed by atoms with Crippen LogP contribution in [0.5, 0.6) is 11.5 Å². The molecule has 0 aliphatic heterocycles. The maximum Gasteiger partial charge on any atom is 0.132 e. The molecule has 0 saturated heterocycles. The largest absolute Gasteiger partial charge is 0.508 e. The van der Waals surface area contributed by atoms with Gasteiger partial charge in [0.1, 0.15) is 23.8 Å². The molecule has 0 spiro atoms. The molecule has 20 heavy (non-hydrogen) atoms. The maximum atomic E-state index is 9.36. The second kappa shape index (κ2) is 5.48. The predicted octanol–water partition coefficient (Wildman–Crippen LogP) is 3.16. The van der Waals surface area contributed by atoms with Crippen LogP contribution in [0.25, 0.3) is 5.69 Å². The summed E-state index contributed by atoms with van der Waals surface area (Å²) in [4.78, 5) is 0. The Kier molecular flexibility index (Phi) is 3.37. The first-order valence-corrected chi connectivity index (χ1v) is 6.33. The molecule has 0 atom stereocenters.